The van der Waals surface area contributed by atoms with Crippen molar-refractivity contribution in [3.05, 3.63) is 29.8 Å². The van der Waals surface area contributed by atoms with Gasteiger partial charge in [0.05, 0.1) is 5.60 Å². The summed E-state index contributed by atoms with van der Waals surface area (Å²) < 4.78 is 5.70. The Morgan fingerprint density at radius 3 is 2.63 bits per heavy atom. The van der Waals surface area contributed by atoms with Gasteiger partial charge in [0, 0.05) is 6.42 Å². The number of aromatic hydroxyl groups is 1. The molecule has 0 aliphatic carbocycles. The first kappa shape index (κ1) is 15.5. The molecular formula is C15H22O4. The molecule has 4 nitrogen and oxygen atoms in total. The fraction of sp³-hybridized carbons (Fsp3) is 0.533. The van der Waals surface area contributed by atoms with E-state index in [0.29, 0.717) is 0 Å². The predicted molar refractivity (Wildman–Crippen MR) is 73.3 cm³/mol. The predicted octanol–water partition coefficient (Wildman–Crippen LogP) is 2.98. The monoisotopic (exact) mass is 266 g/mol. The Labute approximate surface area is 114 Å². The maximum absolute atomic E-state index is 11.3. The smallest absolute Gasteiger partial charge is 0.333 e. The Morgan fingerprint density at radius 2 is 2.11 bits per heavy atom. The minimum absolute atomic E-state index is 0.134. The lowest BCUT2D eigenvalue weighted by molar-refractivity contribution is -0.161. The second-order valence-electron chi connectivity index (χ2n) is 5.33. The fourth-order valence-electron chi connectivity index (χ4n) is 2.12. The van der Waals surface area contributed by atoms with E-state index in [1.54, 1.807) is 24.3 Å². The molecule has 0 unspecified atom stereocenters. The molecule has 0 amide bonds. The van der Waals surface area contributed by atoms with Crippen LogP contribution in [0.5, 0.6) is 5.75 Å². The van der Waals surface area contributed by atoms with Gasteiger partial charge in [0.2, 0.25) is 0 Å². The maximum Gasteiger partial charge on any atom is 0.333 e. The Morgan fingerprint density at radius 1 is 1.42 bits per heavy atom. The number of aliphatic carboxylic acids is 1. The number of rotatable bonds is 7. The van der Waals surface area contributed by atoms with Crippen LogP contribution in [0, 0.1) is 0 Å². The van der Waals surface area contributed by atoms with Crippen molar-refractivity contribution < 1.29 is 19.7 Å². The molecule has 0 heterocycles. The molecule has 0 bridgehead atoms. The third kappa shape index (κ3) is 5.30. The van der Waals surface area contributed by atoms with Gasteiger partial charge in [0.25, 0.3) is 0 Å². The largest absolute Gasteiger partial charge is 0.508 e. The van der Waals surface area contributed by atoms with E-state index in [2.05, 4.69) is 0 Å². The zero-order chi connectivity index (χ0) is 14.5. The van der Waals surface area contributed by atoms with E-state index >= 15 is 0 Å². The average molecular weight is 266 g/mol. The number of hydrogen-bond acceptors (Lipinski definition) is 3. The quantitative estimate of drug-likeness (QED) is 0.796. The van der Waals surface area contributed by atoms with Crippen LogP contribution < -0.4 is 0 Å². The lowest BCUT2D eigenvalue weighted by Gasteiger charge is -2.28. The van der Waals surface area contributed by atoms with E-state index in [4.69, 9.17) is 4.74 Å². The van der Waals surface area contributed by atoms with Crippen molar-refractivity contribution in [3.63, 3.8) is 0 Å². The molecule has 106 valence electrons. The third-order valence-electron chi connectivity index (χ3n) is 2.92. The number of carboxylic acids is 1. The van der Waals surface area contributed by atoms with Crippen molar-refractivity contribution in [1.29, 1.82) is 0 Å². The highest BCUT2D eigenvalue weighted by Crippen LogP contribution is 2.21. The van der Waals surface area contributed by atoms with Crippen molar-refractivity contribution in [2.45, 2.75) is 51.7 Å². The number of carboxylic acid groups (broad SMARTS) is 1. The second-order valence-corrected chi connectivity index (χ2v) is 5.33. The number of carbonyl (C=O) groups is 1. The Balaban J connectivity index is 2.76. The van der Waals surface area contributed by atoms with Gasteiger partial charge in [-0.05, 0) is 38.0 Å². The number of phenolic OH excluding ortho intramolecular Hbond substituents is 1. The normalized spacial score (nSPS) is 13.2. The van der Waals surface area contributed by atoms with Crippen LogP contribution in [0.25, 0.3) is 0 Å². The summed E-state index contributed by atoms with van der Waals surface area (Å²) in [6.07, 6.45) is 1.09. The first-order valence-electron chi connectivity index (χ1n) is 6.52. The standard InChI is InChI=1S/C15H22O4/c1-4-8-15(2,3)19-13(14(17)18)10-11-6-5-7-12(16)9-11/h5-7,9,13,16H,4,8,10H2,1-3H3,(H,17,18)/t13-/m1/s1. The van der Waals surface area contributed by atoms with Gasteiger partial charge in [-0.1, -0.05) is 25.5 Å². The summed E-state index contributed by atoms with van der Waals surface area (Å²) >= 11 is 0. The van der Waals surface area contributed by atoms with Gasteiger partial charge in [0.1, 0.15) is 5.75 Å². The molecule has 0 fully saturated rings. The van der Waals surface area contributed by atoms with E-state index < -0.39 is 17.7 Å². The molecule has 0 aliphatic rings. The second kappa shape index (κ2) is 6.57. The Hall–Kier alpha value is -1.55. The lowest BCUT2D eigenvalue weighted by atomic mass is 10.0. The molecule has 1 atom stereocenters. The minimum Gasteiger partial charge on any atom is -0.508 e. The van der Waals surface area contributed by atoms with Crippen molar-refractivity contribution in [1.82, 2.24) is 0 Å². The molecule has 1 aromatic rings. The summed E-state index contributed by atoms with van der Waals surface area (Å²) in [4.78, 5) is 11.3. The summed E-state index contributed by atoms with van der Waals surface area (Å²) in [6.45, 7) is 5.83. The van der Waals surface area contributed by atoms with Crippen LogP contribution in [-0.4, -0.2) is 27.9 Å². The summed E-state index contributed by atoms with van der Waals surface area (Å²) in [5.74, 6) is -0.845. The zero-order valence-electron chi connectivity index (χ0n) is 11.7. The number of phenols is 1. The number of hydrogen-bond donors (Lipinski definition) is 2. The first-order valence-corrected chi connectivity index (χ1v) is 6.52. The SMILES string of the molecule is CCCC(C)(C)O[C@H](Cc1cccc(O)c1)C(=O)O. The van der Waals surface area contributed by atoms with Crippen LogP contribution in [0.3, 0.4) is 0 Å². The molecule has 4 heteroatoms. The van der Waals surface area contributed by atoms with Crippen molar-refractivity contribution in [3.8, 4) is 5.75 Å². The molecular weight excluding hydrogens is 244 g/mol. The van der Waals surface area contributed by atoms with E-state index in [1.807, 2.05) is 20.8 Å². The molecule has 0 radical (unpaired) electrons. The van der Waals surface area contributed by atoms with E-state index in [1.165, 1.54) is 0 Å². The van der Waals surface area contributed by atoms with Crippen molar-refractivity contribution in [2.24, 2.45) is 0 Å². The number of ether oxygens (including phenoxy) is 1. The van der Waals surface area contributed by atoms with E-state index in [0.717, 1.165) is 18.4 Å². The van der Waals surface area contributed by atoms with Gasteiger partial charge >= 0.3 is 5.97 Å². The summed E-state index contributed by atoms with van der Waals surface area (Å²) in [6, 6.07) is 6.60. The van der Waals surface area contributed by atoms with Crippen molar-refractivity contribution >= 4 is 5.97 Å². The summed E-state index contributed by atoms with van der Waals surface area (Å²) in [7, 11) is 0. The van der Waals surface area contributed by atoms with Crippen LogP contribution in [0.1, 0.15) is 39.2 Å². The van der Waals surface area contributed by atoms with Gasteiger partial charge in [0.15, 0.2) is 6.10 Å². The fourth-order valence-corrected chi connectivity index (χ4v) is 2.12. The highest BCUT2D eigenvalue weighted by molar-refractivity contribution is 5.72. The molecule has 0 saturated carbocycles. The lowest BCUT2D eigenvalue weighted by Crippen LogP contribution is -2.36. The van der Waals surface area contributed by atoms with Gasteiger partial charge in [-0.2, -0.15) is 0 Å². The van der Waals surface area contributed by atoms with E-state index in [-0.39, 0.29) is 12.2 Å². The van der Waals surface area contributed by atoms with Gasteiger partial charge in [-0.25, -0.2) is 4.79 Å². The highest BCUT2D eigenvalue weighted by Gasteiger charge is 2.27. The van der Waals surface area contributed by atoms with E-state index in [9.17, 15) is 15.0 Å². The Bertz CT molecular complexity index is 426. The third-order valence-corrected chi connectivity index (χ3v) is 2.92. The number of benzene rings is 1. The molecule has 0 saturated heterocycles. The minimum atomic E-state index is -0.979. The molecule has 2 N–H and O–H groups in total. The van der Waals surface area contributed by atoms with Gasteiger partial charge < -0.3 is 14.9 Å². The molecule has 19 heavy (non-hydrogen) atoms. The van der Waals surface area contributed by atoms with Gasteiger partial charge in [-0.15, -0.1) is 0 Å². The average Bonchev–Trinajstić information content (AvgIpc) is 2.27. The topological polar surface area (TPSA) is 66.8 Å². The van der Waals surface area contributed by atoms with Crippen LogP contribution in [0.15, 0.2) is 24.3 Å². The highest BCUT2D eigenvalue weighted by atomic mass is 16.5. The van der Waals surface area contributed by atoms with Crippen molar-refractivity contribution in [2.75, 3.05) is 0 Å². The Kier molecular flexibility index (Phi) is 5.36. The zero-order valence-corrected chi connectivity index (χ0v) is 11.7. The first-order chi connectivity index (χ1) is 8.84. The van der Waals surface area contributed by atoms with Crippen LogP contribution >= 0.6 is 0 Å². The van der Waals surface area contributed by atoms with Crippen LogP contribution in [0.4, 0.5) is 0 Å². The maximum atomic E-state index is 11.3. The summed E-state index contributed by atoms with van der Waals surface area (Å²) in [5.41, 5.74) is 0.286. The molecule has 0 aromatic heterocycles. The summed E-state index contributed by atoms with van der Waals surface area (Å²) in [5, 5.41) is 18.6. The van der Waals surface area contributed by atoms with Crippen LogP contribution in [-0.2, 0) is 16.0 Å². The molecule has 1 aromatic carbocycles. The molecule has 1 rings (SSSR count). The molecule has 0 aliphatic heterocycles. The van der Waals surface area contributed by atoms with Crippen LogP contribution in [0.2, 0.25) is 0 Å². The van der Waals surface area contributed by atoms with Gasteiger partial charge in [-0.3, -0.25) is 0 Å². The molecule has 0 spiro atoms.